The van der Waals surface area contributed by atoms with Crippen LogP contribution >= 0.6 is 11.6 Å². The summed E-state index contributed by atoms with van der Waals surface area (Å²) in [4.78, 5) is 23.4. The molecule has 2 aromatic carbocycles. The fraction of sp³-hybridized carbons (Fsp3) is 0.200. The number of hydrogen-bond donors (Lipinski definition) is 2. The first-order chi connectivity index (χ1) is 12.1. The summed E-state index contributed by atoms with van der Waals surface area (Å²) in [5.74, 6) is -0.292. The highest BCUT2D eigenvalue weighted by Gasteiger charge is 2.02. The van der Waals surface area contributed by atoms with Gasteiger partial charge in [-0.25, -0.2) is 0 Å². The van der Waals surface area contributed by atoms with E-state index in [-0.39, 0.29) is 18.2 Å². The van der Waals surface area contributed by atoms with Gasteiger partial charge in [-0.05, 0) is 35.8 Å². The largest absolute Gasteiger partial charge is 0.356 e. The molecule has 0 aliphatic heterocycles. The van der Waals surface area contributed by atoms with E-state index in [1.54, 1.807) is 6.08 Å². The maximum absolute atomic E-state index is 11.7. The van der Waals surface area contributed by atoms with Gasteiger partial charge in [-0.2, -0.15) is 0 Å². The Kier molecular flexibility index (Phi) is 7.73. The van der Waals surface area contributed by atoms with Gasteiger partial charge in [0.05, 0.1) is 0 Å². The van der Waals surface area contributed by atoms with Crippen molar-refractivity contribution < 1.29 is 9.59 Å². The van der Waals surface area contributed by atoms with E-state index >= 15 is 0 Å². The van der Waals surface area contributed by atoms with Crippen LogP contribution in [0.4, 0.5) is 0 Å². The predicted octanol–water partition coefficient (Wildman–Crippen LogP) is 3.22. The minimum atomic E-state index is -0.210. The standard InChI is InChI=1S/C20H21ClN2O2/c21-18-9-6-17(7-10-18)12-14-22-20(25)13-15-23-19(24)11-8-16-4-2-1-3-5-16/h1-11H,12-15H2,(H,22,25)(H,23,24)/b11-8+. The van der Waals surface area contributed by atoms with E-state index in [4.69, 9.17) is 11.6 Å². The zero-order chi connectivity index (χ0) is 17.9. The number of carbonyl (C=O) groups is 2. The minimum absolute atomic E-state index is 0.0821. The van der Waals surface area contributed by atoms with Gasteiger partial charge in [0.2, 0.25) is 11.8 Å². The van der Waals surface area contributed by atoms with Crippen LogP contribution in [-0.2, 0) is 16.0 Å². The lowest BCUT2D eigenvalue weighted by Crippen LogP contribution is -2.31. The lowest BCUT2D eigenvalue weighted by atomic mass is 10.1. The molecule has 0 spiro atoms. The maximum Gasteiger partial charge on any atom is 0.244 e. The molecule has 0 fully saturated rings. The average Bonchev–Trinajstić information content (AvgIpc) is 2.62. The third kappa shape index (κ3) is 7.68. The molecule has 0 saturated carbocycles. The molecule has 2 amide bonds. The molecule has 130 valence electrons. The van der Waals surface area contributed by atoms with Crippen LogP contribution in [0.3, 0.4) is 0 Å². The molecule has 25 heavy (non-hydrogen) atoms. The first kappa shape index (κ1) is 18.7. The predicted molar refractivity (Wildman–Crippen MR) is 101 cm³/mol. The lowest BCUT2D eigenvalue weighted by molar-refractivity contribution is -0.121. The highest BCUT2D eigenvalue weighted by atomic mass is 35.5. The van der Waals surface area contributed by atoms with Crippen LogP contribution in [0.5, 0.6) is 0 Å². The second-order valence-corrected chi connectivity index (χ2v) is 5.95. The van der Waals surface area contributed by atoms with Gasteiger partial charge in [0.25, 0.3) is 0 Å². The number of amides is 2. The highest BCUT2D eigenvalue weighted by Crippen LogP contribution is 2.09. The molecule has 0 saturated heterocycles. The molecule has 2 aromatic rings. The molecule has 2 N–H and O–H groups in total. The van der Waals surface area contributed by atoms with Gasteiger partial charge in [-0.15, -0.1) is 0 Å². The van der Waals surface area contributed by atoms with Crippen LogP contribution in [0.15, 0.2) is 60.7 Å². The van der Waals surface area contributed by atoms with E-state index in [0.717, 1.165) is 17.5 Å². The Morgan fingerprint density at radius 1 is 0.920 bits per heavy atom. The number of rotatable bonds is 8. The van der Waals surface area contributed by atoms with E-state index in [0.29, 0.717) is 18.1 Å². The molecular formula is C20H21ClN2O2. The molecule has 0 unspecified atom stereocenters. The van der Waals surface area contributed by atoms with Gasteiger partial charge >= 0.3 is 0 Å². The van der Waals surface area contributed by atoms with Crippen LogP contribution in [0, 0.1) is 0 Å². The van der Waals surface area contributed by atoms with E-state index < -0.39 is 0 Å². The SMILES string of the molecule is O=C(/C=C/c1ccccc1)NCCC(=O)NCCc1ccc(Cl)cc1. The number of carbonyl (C=O) groups excluding carboxylic acids is 2. The van der Waals surface area contributed by atoms with Gasteiger partial charge in [-0.3, -0.25) is 9.59 Å². The quantitative estimate of drug-likeness (QED) is 0.713. The Bertz CT molecular complexity index is 712. The van der Waals surface area contributed by atoms with Crippen LogP contribution < -0.4 is 10.6 Å². The fourth-order valence-corrected chi connectivity index (χ4v) is 2.31. The smallest absolute Gasteiger partial charge is 0.244 e. The van der Waals surface area contributed by atoms with Crippen molar-refractivity contribution in [2.45, 2.75) is 12.8 Å². The molecule has 2 rings (SSSR count). The van der Waals surface area contributed by atoms with Crippen LogP contribution in [0.2, 0.25) is 5.02 Å². The monoisotopic (exact) mass is 356 g/mol. The lowest BCUT2D eigenvalue weighted by Gasteiger charge is -2.06. The average molecular weight is 357 g/mol. The van der Waals surface area contributed by atoms with E-state index in [1.807, 2.05) is 54.6 Å². The van der Waals surface area contributed by atoms with Gasteiger partial charge in [-0.1, -0.05) is 54.1 Å². The number of halogens is 1. The first-order valence-corrected chi connectivity index (χ1v) is 8.53. The summed E-state index contributed by atoms with van der Waals surface area (Å²) >= 11 is 5.83. The first-order valence-electron chi connectivity index (χ1n) is 8.15. The summed E-state index contributed by atoms with van der Waals surface area (Å²) in [5, 5.41) is 6.23. The van der Waals surface area contributed by atoms with Gasteiger partial charge in [0, 0.05) is 30.6 Å². The van der Waals surface area contributed by atoms with E-state index in [1.165, 1.54) is 6.08 Å². The highest BCUT2D eigenvalue weighted by molar-refractivity contribution is 6.30. The molecule has 0 aliphatic carbocycles. The molecule has 5 heteroatoms. The normalized spacial score (nSPS) is 10.6. The molecule has 0 bridgehead atoms. The van der Waals surface area contributed by atoms with Gasteiger partial charge in [0.15, 0.2) is 0 Å². The zero-order valence-electron chi connectivity index (χ0n) is 13.9. The summed E-state index contributed by atoms with van der Waals surface area (Å²) in [7, 11) is 0. The van der Waals surface area contributed by atoms with Crippen molar-refractivity contribution in [2.75, 3.05) is 13.1 Å². The van der Waals surface area contributed by atoms with E-state index in [2.05, 4.69) is 10.6 Å². The third-order valence-corrected chi connectivity index (χ3v) is 3.78. The molecular weight excluding hydrogens is 336 g/mol. The van der Waals surface area contributed by atoms with Gasteiger partial charge < -0.3 is 10.6 Å². The number of nitrogens with one attached hydrogen (secondary N) is 2. The minimum Gasteiger partial charge on any atom is -0.356 e. The fourth-order valence-electron chi connectivity index (χ4n) is 2.18. The Morgan fingerprint density at radius 3 is 2.36 bits per heavy atom. The Hall–Kier alpha value is -2.59. The van der Waals surface area contributed by atoms with Crippen molar-refractivity contribution in [2.24, 2.45) is 0 Å². The molecule has 0 heterocycles. The second kappa shape index (κ2) is 10.3. The summed E-state index contributed by atoms with van der Waals surface area (Å²) in [6.07, 6.45) is 4.20. The Labute approximate surface area is 152 Å². The van der Waals surface area contributed by atoms with Crippen molar-refractivity contribution in [1.82, 2.24) is 10.6 Å². The van der Waals surface area contributed by atoms with Crippen molar-refractivity contribution in [1.29, 1.82) is 0 Å². The summed E-state index contributed by atoms with van der Waals surface area (Å²) < 4.78 is 0. The van der Waals surface area contributed by atoms with Crippen LogP contribution in [0.25, 0.3) is 6.08 Å². The van der Waals surface area contributed by atoms with Crippen molar-refractivity contribution in [3.05, 3.63) is 76.8 Å². The molecule has 0 aromatic heterocycles. The summed E-state index contributed by atoms with van der Waals surface area (Å²) in [5.41, 5.74) is 2.07. The molecule has 0 atom stereocenters. The van der Waals surface area contributed by atoms with E-state index in [9.17, 15) is 9.59 Å². The number of benzene rings is 2. The zero-order valence-corrected chi connectivity index (χ0v) is 14.6. The second-order valence-electron chi connectivity index (χ2n) is 5.51. The maximum atomic E-state index is 11.7. The molecule has 4 nitrogen and oxygen atoms in total. The molecule has 0 aliphatic rings. The van der Waals surface area contributed by atoms with Crippen LogP contribution in [0.1, 0.15) is 17.5 Å². The third-order valence-electron chi connectivity index (χ3n) is 3.53. The molecule has 0 radical (unpaired) electrons. The van der Waals surface area contributed by atoms with Crippen LogP contribution in [-0.4, -0.2) is 24.9 Å². The number of hydrogen-bond acceptors (Lipinski definition) is 2. The Morgan fingerprint density at radius 2 is 1.64 bits per heavy atom. The van der Waals surface area contributed by atoms with Gasteiger partial charge in [0.1, 0.15) is 0 Å². The Balaban J connectivity index is 1.59. The summed E-state index contributed by atoms with van der Waals surface area (Å²) in [6.45, 7) is 0.868. The van der Waals surface area contributed by atoms with Crippen molar-refractivity contribution >= 4 is 29.5 Å². The topological polar surface area (TPSA) is 58.2 Å². The van der Waals surface area contributed by atoms with Crippen molar-refractivity contribution in [3.8, 4) is 0 Å². The van der Waals surface area contributed by atoms with Crippen molar-refractivity contribution in [3.63, 3.8) is 0 Å². The summed E-state index contributed by atoms with van der Waals surface area (Å²) in [6, 6.07) is 17.1.